The zero-order valence-electron chi connectivity index (χ0n) is 16.8. The number of anilines is 2. The molecule has 1 aliphatic rings. The standard InChI is InChI=1S/C21H24F2N2O3S2/c1-12-9-10-14(15(11-12)28-20(22)23)24-21(29)25-18-17(19(26)27-2)13-7-5-3-4-6-8-16(13)30-18/h9-11,20H,3-8H2,1-2H3,(H2,24,25,29). The van der Waals surface area contributed by atoms with Gasteiger partial charge in [0, 0.05) is 4.88 Å². The molecular formula is C21H24F2N2O3S2. The fourth-order valence-electron chi connectivity index (χ4n) is 3.51. The number of fused-ring (bicyclic) bond motifs is 1. The molecule has 0 radical (unpaired) electrons. The Morgan fingerprint density at radius 3 is 2.60 bits per heavy atom. The van der Waals surface area contributed by atoms with E-state index >= 15 is 0 Å². The zero-order chi connectivity index (χ0) is 21.7. The Morgan fingerprint density at radius 2 is 1.90 bits per heavy atom. The molecule has 1 aromatic heterocycles. The maximum atomic E-state index is 12.7. The Morgan fingerprint density at radius 1 is 1.17 bits per heavy atom. The van der Waals surface area contributed by atoms with E-state index in [2.05, 4.69) is 15.4 Å². The predicted molar refractivity (Wildman–Crippen MR) is 119 cm³/mol. The molecule has 0 amide bonds. The highest BCUT2D eigenvalue weighted by Gasteiger charge is 2.25. The van der Waals surface area contributed by atoms with Gasteiger partial charge in [-0.15, -0.1) is 11.3 Å². The Bertz CT molecular complexity index is 931. The number of hydrogen-bond donors (Lipinski definition) is 2. The first-order chi connectivity index (χ1) is 14.4. The van der Waals surface area contributed by atoms with E-state index in [9.17, 15) is 13.6 Å². The molecule has 2 N–H and O–H groups in total. The lowest BCUT2D eigenvalue weighted by Gasteiger charge is -2.15. The molecule has 0 saturated carbocycles. The number of halogens is 2. The molecular weight excluding hydrogens is 430 g/mol. The van der Waals surface area contributed by atoms with Crippen LogP contribution >= 0.6 is 23.6 Å². The van der Waals surface area contributed by atoms with Gasteiger partial charge in [-0.3, -0.25) is 0 Å². The molecule has 0 saturated heterocycles. The van der Waals surface area contributed by atoms with Gasteiger partial charge in [-0.1, -0.05) is 18.9 Å². The number of nitrogens with one attached hydrogen (secondary N) is 2. The third-order valence-electron chi connectivity index (χ3n) is 4.89. The molecule has 0 aliphatic heterocycles. The van der Waals surface area contributed by atoms with E-state index in [1.807, 2.05) is 0 Å². The number of rotatable bonds is 5. The number of aryl methyl sites for hydroxylation is 2. The van der Waals surface area contributed by atoms with Gasteiger partial charge in [-0.05, 0) is 68.1 Å². The molecule has 30 heavy (non-hydrogen) atoms. The Kier molecular flexibility index (Phi) is 7.60. The number of carbonyl (C=O) groups is 1. The molecule has 2 aromatic rings. The average molecular weight is 455 g/mol. The van der Waals surface area contributed by atoms with E-state index in [1.54, 1.807) is 19.1 Å². The second kappa shape index (κ2) is 10.2. The number of esters is 1. The van der Waals surface area contributed by atoms with Crippen LogP contribution in [0.15, 0.2) is 18.2 Å². The highest BCUT2D eigenvalue weighted by atomic mass is 32.1. The maximum Gasteiger partial charge on any atom is 0.387 e. The van der Waals surface area contributed by atoms with E-state index in [0.717, 1.165) is 48.1 Å². The van der Waals surface area contributed by atoms with Crippen molar-refractivity contribution in [2.75, 3.05) is 17.7 Å². The number of alkyl halides is 2. The van der Waals surface area contributed by atoms with Crippen LogP contribution in [-0.2, 0) is 17.6 Å². The lowest BCUT2D eigenvalue weighted by atomic mass is 9.96. The van der Waals surface area contributed by atoms with Gasteiger partial charge in [0.15, 0.2) is 5.11 Å². The van der Waals surface area contributed by atoms with Crippen LogP contribution in [0.25, 0.3) is 0 Å². The van der Waals surface area contributed by atoms with Crippen LogP contribution in [0.5, 0.6) is 5.75 Å². The normalized spacial score (nSPS) is 13.8. The van der Waals surface area contributed by atoms with Crippen LogP contribution < -0.4 is 15.4 Å². The van der Waals surface area contributed by atoms with Crippen LogP contribution in [0.4, 0.5) is 19.5 Å². The number of methoxy groups -OCH3 is 1. The van der Waals surface area contributed by atoms with Crippen LogP contribution in [0.2, 0.25) is 0 Å². The molecule has 9 heteroatoms. The van der Waals surface area contributed by atoms with Gasteiger partial charge >= 0.3 is 12.6 Å². The van der Waals surface area contributed by atoms with E-state index in [1.165, 1.54) is 30.9 Å². The molecule has 1 aliphatic carbocycles. The minimum Gasteiger partial charge on any atom is -0.465 e. The Labute approximate surface area is 183 Å². The van der Waals surface area contributed by atoms with Crippen molar-refractivity contribution in [2.45, 2.75) is 52.1 Å². The SMILES string of the molecule is COC(=O)c1c(NC(=S)Nc2ccc(C)cc2OC(F)F)sc2c1CCCCCC2. The fraction of sp³-hybridized carbons (Fsp3) is 0.429. The number of carbonyl (C=O) groups excluding carboxylic acids is 1. The topological polar surface area (TPSA) is 59.6 Å². The summed E-state index contributed by atoms with van der Waals surface area (Å²) in [6.07, 6.45) is 6.15. The van der Waals surface area contributed by atoms with Crippen molar-refractivity contribution in [3.05, 3.63) is 39.8 Å². The maximum absolute atomic E-state index is 12.7. The summed E-state index contributed by atoms with van der Waals surface area (Å²) < 4.78 is 35.1. The van der Waals surface area contributed by atoms with Crippen LogP contribution in [0.1, 0.15) is 52.0 Å². The smallest absolute Gasteiger partial charge is 0.387 e. The highest BCUT2D eigenvalue weighted by molar-refractivity contribution is 7.80. The third kappa shape index (κ3) is 5.46. The molecule has 0 atom stereocenters. The molecule has 5 nitrogen and oxygen atoms in total. The van der Waals surface area contributed by atoms with Crippen molar-refractivity contribution >= 4 is 45.3 Å². The molecule has 1 aromatic carbocycles. The van der Waals surface area contributed by atoms with Crippen LogP contribution in [0.3, 0.4) is 0 Å². The van der Waals surface area contributed by atoms with Crippen molar-refractivity contribution in [3.8, 4) is 5.75 Å². The zero-order valence-corrected chi connectivity index (χ0v) is 18.5. The summed E-state index contributed by atoms with van der Waals surface area (Å²) in [6, 6.07) is 4.89. The molecule has 0 fully saturated rings. The fourth-order valence-corrected chi connectivity index (χ4v) is 5.07. The second-order valence-corrected chi connectivity index (χ2v) is 8.58. The van der Waals surface area contributed by atoms with Crippen molar-refractivity contribution < 1.29 is 23.0 Å². The first-order valence-corrected chi connectivity index (χ1v) is 11.0. The lowest BCUT2D eigenvalue weighted by Crippen LogP contribution is -2.21. The van der Waals surface area contributed by atoms with Gasteiger partial charge < -0.3 is 20.1 Å². The minimum absolute atomic E-state index is 0.000732. The molecule has 3 rings (SSSR count). The van der Waals surface area contributed by atoms with Gasteiger partial charge in [0.1, 0.15) is 10.8 Å². The molecule has 0 unspecified atom stereocenters. The number of benzene rings is 1. The van der Waals surface area contributed by atoms with Gasteiger partial charge in [-0.2, -0.15) is 8.78 Å². The van der Waals surface area contributed by atoms with E-state index in [4.69, 9.17) is 17.0 Å². The summed E-state index contributed by atoms with van der Waals surface area (Å²) in [7, 11) is 1.36. The number of hydrogen-bond acceptors (Lipinski definition) is 5. The van der Waals surface area contributed by atoms with E-state index in [-0.39, 0.29) is 10.9 Å². The first kappa shape index (κ1) is 22.4. The Hall–Kier alpha value is -2.26. The van der Waals surface area contributed by atoms with E-state index < -0.39 is 12.6 Å². The molecule has 1 heterocycles. The highest BCUT2D eigenvalue weighted by Crippen LogP contribution is 2.38. The van der Waals surface area contributed by atoms with Gasteiger partial charge in [0.2, 0.25) is 0 Å². The summed E-state index contributed by atoms with van der Waals surface area (Å²) in [5.74, 6) is -0.406. The lowest BCUT2D eigenvalue weighted by molar-refractivity contribution is -0.0493. The third-order valence-corrected chi connectivity index (χ3v) is 6.30. The molecule has 0 spiro atoms. The van der Waals surface area contributed by atoms with Gasteiger partial charge in [0.25, 0.3) is 0 Å². The summed E-state index contributed by atoms with van der Waals surface area (Å²) in [5, 5.41) is 6.74. The van der Waals surface area contributed by atoms with Gasteiger partial charge in [-0.25, -0.2) is 4.79 Å². The van der Waals surface area contributed by atoms with Crippen molar-refractivity contribution in [2.24, 2.45) is 0 Å². The Balaban J connectivity index is 1.85. The monoisotopic (exact) mass is 454 g/mol. The van der Waals surface area contributed by atoms with Crippen LogP contribution in [-0.4, -0.2) is 24.8 Å². The minimum atomic E-state index is -2.95. The number of thiocarbonyl (C=S) groups is 1. The summed E-state index contributed by atoms with van der Waals surface area (Å²) in [4.78, 5) is 13.7. The van der Waals surface area contributed by atoms with Gasteiger partial charge in [0.05, 0.1) is 18.4 Å². The largest absolute Gasteiger partial charge is 0.465 e. The summed E-state index contributed by atoms with van der Waals surface area (Å²) >= 11 is 6.88. The van der Waals surface area contributed by atoms with Crippen LogP contribution in [0, 0.1) is 6.92 Å². The number of ether oxygens (including phenoxy) is 2. The van der Waals surface area contributed by atoms with Crippen molar-refractivity contribution in [1.29, 1.82) is 0 Å². The summed E-state index contributed by atoms with van der Waals surface area (Å²) in [6.45, 7) is -1.17. The molecule has 0 bridgehead atoms. The molecule has 162 valence electrons. The van der Waals surface area contributed by atoms with Crippen molar-refractivity contribution in [3.63, 3.8) is 0 Å². The first-order valence-electron chi connectivity index (χ1n) is 9.75. The second-order valence-electron chi connectivity index (χ2n) is 7.07. The summed E-state index contributed by atoms with van der Waals surface area (Å²) in [5.41, 5.74) is 2.62. The predicted octanol–water partition coefficient (Wildman–Crippen LogP) is 5.91. The number of thiophene rings is 1. The average Bonchev–Trinajstić information content (AvgIpc) is 2.99. The van der Waals surface area contributed by atoms with Crippen molar-refractivity contribution in [1.82, 2.24) is 0 Å². The quantitative estimate of drug-likeness (QED) is 0.433. The van der Waals surface area contributed by atoms with E-state index in [0.29, 0.717) is 16.3 Å².